The van der Waals surface area contributed by atoms with Gasteiger partial charge in [-0.05, 0) is 48.0 Å². The first-order chi connectivity index (χ1) is 11.6. The van der Waals surface area contributed by atoms with Gasteiger partial charge in [0.15, 0.2) is 0 Å². The van der Waals surface area contributed by atoms with Crippen molar-refractivity contribution in [2.24, 2.45) is 0 Å². The Morgan fingerprint density at radius 3 is 2.71 bits per heavy atom. The summed E-state index contributed by atoms with van der Waals surface area (Å²) in [6, 6.07) is 14.2. The van der Waals surface area contributed by atoms with Crippen LogP contribution in [0.2, 0.25) is 5.02 Å². The van der Waals surface area contributed by atoms with E-state index in [2.05, 4.69) is 43.6 Å². The molecule has 1 N–H and O–H groups in total. The van der Waals surface area contributed by atoms with Crippen molar-refractivity contribution in [3.8, 4) is 11.3 Å². The number of benzene rings is 2. The van der Waals surface area contributed by atoms with E-state index in [0.717, 1.165) is 34.3 Å². The van der Waals surface area contributed by atoms with Gasteiger partial charge in [0.1, 0.15) is 0 Å². The summed E-state index contributed by atoms with van der Waals surface area (Å²) in [4.78, 5) is 4.79. The van der Waals surface area contributed by atoms with Crippen LogP contribution in [-0.4, -0.2) is 4.98 Å². The number of nitrogens with zero attached hydrogens (tertiary/aromatic N) is 1. The largest absolute Gasteiger partial charge is 0.387 e. The lowest BCUT2D eigenvalue weighted by atomic mass is 10.0. The first-order valence-corrected chi connectivity index (χ1v) is 8.17. The van der Waals surface area contributed by atoms with Crippen molar-refractivity contribution in [2.45, 2.75) is 13.5 Å². The Morgan fingerprint density at radius 1 is 1.12 bits per heavy atom. The average molecular weight is 335 g/mol. The lowest BCUT2D eigenvalue weighted by molar-refractivity contribution is 0.865. The smallest absolute Gasteiger partial charge is 0.0730 e. The van der Waals surface area contributed by atoms with Crippen LogP contribution in [0.25, 0.3) is 28.2 Å². The van der Waals surface area contributed by atoms with Crippen LogP contribution in [0.5, 0.6) is 0 Å². The zero-order valence-electron chi connectivity index (χ0n) is 13.6. The van der Waals surface area contributed by atoms with Gasteiger partial charge >= 0.3 is 0 Å². The van der Waals surface area contributed by atoms with E-state index in [1.807, 2.05) is 30.3 Å². The maximum Gasteiger partial charge on any atom is 0.0730 e. The van der Waals surface area contributed by atoms with Gasteiger partial charge in [0.05, 0.1) is 16.2 Å². The minimum atomic E-state index is 0.706. The molecule has 24 heavy (non-hydrogen) atoms. The summed E-state index contributed by atoms with van der Waals surface area (Å²) in [6.07, 6.45) is 3.51. The van der Waals surface area contributed by atoms with Crippen LogP contribution in [0.1, 0.15) is 16.7 Å². The molecule has 1 aromatic heterocycles. The van der Waals surface area contributed by atoms with Crippen molar-refractivity contribution in [3.63, 3.8) is 0 Å². The lowest BCUT2D eigenvalue weighted by Crippen LogP contribution is -2.05. The monoisotopic (exact) mass is 334 g/mol. The molecule has 3 aromatic rings. The summed E-state index contributed by atoms with van der Waals surface area (Å²) < 4.78 is 0. The molecule has 0 unspecified atom stereocenters. The fourth-order valence-electron chi connectivity index (χ4n) is 2.68. The summed E-state index contributed by atoms with van der Waals surface area (Å²) >= 11 is 6.47. The third kappa shape index (κ3) is 3.19. The number of aryl methyl sites for hydroxylation is 1. The van der Waals surface area contributed by atoms with Crippen LogP contribution >= 0.6 is 11.6 Å². The number of aromatic nitrogens is 1. The zero-order valence-corrected chi connectivity index (χ0v) is 14.4. The highest BCUT2D eigenvalue weighted by Gasteiger charge is 2.08. The molecule has 3 heteroatoms. The fourth-order valence-corrected chi connectivity index (χ4v) is 2.94. The number of rotatable bonds is 5. The van der Waals surface area contributed by atoms with E-state index in [0.29, 0.717) is 5.02 Å². The Balaban J connectivity index is 2.11. The third-order valence-electron chi connectivity index (χ3n) is 4.10. The molecule has 0 radical (unpaired) electrons. The minimum Gasteiger partial charge on any atom is -0.387 e. The van der Waals surface area contributed by atoms with Crippen LogP contribution in [0.4, 0.5) is 0 Å². The summed E-state index contributed by atoms with van der Waals surface area (Å²) in [5.41, 5.74) is 6.27. The van der Waals surface area contributed by atoms with Gasteiger partial charge in [-0.2, -0.15) is 0 Å². The molecule has 0 aliphatic heterocycles. The second-order valence-electron chi connectivity index (χ2n) is 5.70. The quantitative estimate of drug-likeness (QED) is 0.643. The van der Waals surface area contributed by atoms with Crippen molar-refractivity contribution in [3.05, 3.63) is 83.5 Å². The molecule has 0 saturated heterocycles. The van der Waals surface area contributed by atoms with Crippen molar-refractivity contribution in [1.29, 1.82) is 0 Å². The minimum absolute atomic E-state index is 0.706. The number of pyridine rings is 1. The van der Waals surface area contributed by atoms with Gasteiger partial charge in [0.2, 0.25) is 0 Å². The van der Waals surface area contributed by atoms with E-state index in [9.17, 15) is 0 Å². The van der Waals surface area contributed by atoms with Gasteiger partial charge < -0.3 is 5.32 Å². The molecule has 0 aliphatic carbocycles. The van der Waals surface area contributed by atoms with Crippen LogP contribution in [0, 0.1) is 6.92 Å². The van der Waals surface area contributed by atoms with Gasteiger partial charge in [-0.15, -0.1) is 0 Å². The predicted molar refractivity (Wildman–Crippen MR) is 104 cm³/mol. The molecule has 0 saturated carbocycles. The molecule has 0 aliphatic rings. The first kappa shape index (κ1) is 16.3. The Hall–Kier alpha value is -2.58. The molecule has 0 fully saturated rings. The molecule has 120 valence electrons. The molecule has 2 aromatic carbocycles. The molecule has 0 atom stereocenters. The normalized spacial score (nSPS) is 10.6. The number of nitrogens with one attached hydrogen (secondary N) is 1. The Kier molecular flexibility index (Phi) is 4.68. The lowest BCUT2D eigenvalue weighted by Gasteiger charge is -2.10. The van der Waals surface area contributed by atoms with E-state index in [1.165, 1.54) is 11.1 Å². The second-order valence-corrected chi connectivity index (χ2v) is 6.10. The van der Waals surface area contributed by atoms with Gasteiger partial charge in [0, 0.05) is 17.5 Å². The molecule has 0 spiro atoms. The van der Waals surface area contributed by atoms with Crippen LogP contribution in [0.3, 0.4) is 0 Å². The zero-order chi connectivity index (χ0) is 17.1. The van der Waals surface area contributed by atoms with Crippen LogP contribution in [0.15, 0.2) is 61.8 Å². The topological polar surface area (TPSA) is 24.9 Å². The summed E-state index contributed by atoms with van der Waals surface area (Å²) in [7, 11) is 0. The highest BCUT2D eigenvalue weighted by atomic mass is 35.5. The first-order valence-electron chi connectivity index (χ1n) is 7.79. The summed E-state index contributed by atoms with van der Waals surface area (Å²) in [5, 5.41) is 4.80. The highest BCUT2D eigenvalue weighted by Crippen LogP contribution is 2.29. The third-order valence-corrected chi connectivity index (χ3v) is 4.41. The van der Waals surface area contributed by atoms with E-state index in [1.54, 1.807) is 6.20 Å². The van der Waals surface area contributed by atoms with Crippen molar-refractivity contribution in [2.75, 3.05) is 0 Å². The van der Waals surface area contributed by atoms with Crippen LogP contribution in [-0.2, 0) is 6.54 Å². The molecular formula is C21H19ClN2. The van der Waals surface area contributed by atoms with Crippen LogP contribution < -0.4 is 5.32 Å². The fraction of sp³-hybridized carbons (Fsp3) is 0.0952. The molecule has 1 heterocycles. The molecule has 2 nitrogen and oxygen atoms in total. The number of hydrogen-bond acceptors (Lipinski definition) is 2. The van der Waals surface area contributed by atoms with E-state index in [-0.39, 0.29) is 0 Å². The standard InChI is InChI=1S/C21H19ClN2/c1-4-15-7-9-18-19(22)12-20(24-21(18)10-15)16-8-6-14(3)17(11-16)13-23-5-2/h4-12,23H,1-2,13H2,3H3. The van der Waals surface area contributed by atoms with E-state index >= 15 is 0 Å². The maximum atomic E-state index is 6.47. The summed E-state index contributed by atoms with van der Waals surface area (Å²) in [5.74, 6) is 0. The molecular weight excluding hydrogens is 316 g/mol. The number of fused-ring (bicyclic) bond motifs is 1. The molecule has 3 rings (SSSR count). The van der Waals surface area contributed by atoms with E-state index < -0.39 is 0 Å². The second kappa shape index (κ2) is 6.90. The van der Waals surface area contributed by atoms with Crippen molar-refractivity contribution in [1.82, 2.24) is 10.3 Å². The molecule has 0 amide bonds. The number of halogens is 1. The van der Waals surface area contributed by atoms with E-state index in [4.69, 9.17) is 16.6 Å². The number of hydrogen-bond donors (Lipinski definition) is 1. The van der Waals surface area contributed by atoms with Crippen molar-refractivity contribution < 1.29 is 0 Å². The maximum absolute atomic E-state index is 6.47. The van der Waals surface area contributed by atoms with Gasteiger partial charge in [0.25, 0.3) is 0 Å². The Bertz CT molecular complexity index is 929. The van der Waals surface area contributed by atoms with Gasteiger partial charge in [-0.3, -0.25) is 0 Å². The summed E-state index contributed by atoms with van der Waals surface area (Å²) in [6.45, 7) is 10.4. The Morgan fingerprint density at radius 2 is 1.96 bits per heavy atom. The Labute approximate surface area is 147 Å². The van der Waals surface area contributed by atoms with Crippen molar-refractivity contribution >= 4 is 28.6 Å². The van der Waals surface area contributed by atoms with Gasteiger partial charge in [-0.1, -0.05) is 55.1 Å². The SMILES string of the molecule is C=CNCc1cc(-c2cc(Cl)c3ccc(C=C)cc3n2)ccc1C. The predicted octanol–water partition coefficient (Wildman–Crippen LogP) is 5.74. The molecule has 0 bridgehead atoms. The van der Waals surface area contributed by atoms with Gasteiger partial charge in [-0.25, -0.2) is 4.98 Å². The average Bonchev–Trinajstić information content (AvgIpc) is 2.60. The highest BCUT2D eigenvalue weighted by molar-refractivity contribution is 6.35.